The minimum Gasteiger partial charge on any atom is -0.380 e. The average Bonchev–Trinajstić information content (AvgIpc) is 1.83. The Bertz CT molecular complexity index is 135. The van der Waals surface area contributed by atoms with Crippen LogP contribution in [0.4, 0.5) is 0 Å². The predicted octanol–water partition coefficient (Wildman–Crippen LogP) is 1.34. The van der Waals surface area contributed by atoms with Crippen LogP contribution in [0.1, 0.15) is 20.3 Å². The van der Waals surface area contributed by atoms with Gasteiger partial charge >= 0.3 is 0 Å². The Kier molecular flexibility index (Phi) is 3.83. The van der Waals surface area contributed by atoms with Crippen LogP contribution >= 0.6 is 0 Å². The van der Waals surface area contributed by atoms with Crippen molar-refractivity contribution in [2.45, 2.75) is 26.4 Å². The van der Waals surface area contributed by atoms with Gasteiger partial charge in [-0.3, -0.25) is 0 Å². The van der Waals surface area contributed by atoms with Gasteiger partial charge in [-0.2, -0.15) is 0 Å². The summed E-state index contributed by atoms with van der Waals surface area (Å²) in [6.07, 6.45) is 6.81. The van der Waals surface area contributed by atoms with Crippen molar-refractivity contribution in [3.8, 4) is 12.3 Å². The Morgan fingerprint density at radius 3 is 2.67 bits per heavy atom. The van der Waals surface area contributed by atoms with Crippen molar-refractivity contribution in [3.05, 3.63) is 11.6 Å². The van der Waals surface area contributed by atoms with Crippen LogP contribution in [0.3, 0.4) is 0 Å². The van der Waals surface area contributed by atoms with E-state index in [1.165, 1.54) is 5.57 Å². The van der Waals surface area contributed by atoms with Crippen molar-refractivity contribution in [2.75, 3.05) is 0 Å². The van der Waals surface area contributed by atoms with Crippen LogP contribution in [-0.4, -0.2) is 11.2 Å². The first-order valence-electron chi connectivity index (χ1n) is 2.94. The topological polar surface area (TPSA) is 20.2 Å². The summed E-state index contributed by atoms with van der Waals surface area (Å²) in [5, 5.41) is 8.83. The number of aliphatic hydroxyl groups is 1. The molecule has 0 bridgehead atoms. The maximum Gasteiger partial charge on any atom is 0.117 e. The van der Waals surface area contributed by atoms with Crippen molar-refractivity contribution in [2.24, 2.45) is 0 Å². The molecule has 0 radical (unpaired) electrons. The molecule has 1 unspecified atom stereocenters. The highest BCUT2D eigenvalue weighted by Crippen LogP contribution is 1.96. The second-order valence-electron chi connectivity index (χ2n) is 2.20. The number of aliphatic hydroxyl groups excluding tert-OH is 1. The highest BCUT2D eigenvalue weighted by molar-refractivity contribution is 5.01. The molecule has 1 heteroatoms. The highest BCUT2D eigenvalue weighted by Gasteiger charge is 1.92. The smallest absolute Gasteiger partial charge is 0.117 e. The molecule has 0 aliphatic rings. The van der Waals surface area contributed by atoms with Crippen LogP contribution in [0.5, 0.6) is 0 Å². The molecule has 1 N–H and O–H groups in total. The van der Waals surface area contributed by atoms with Crippen LogP contribution in [-0.2, 0) is 0 Å². The summed E-state index contributed by atoms with van der Waals surface area (Å²) in [7, 11) is 0. The van der Waals surface area contributed by atoms with Gasteiger partial charge in [-0.25, -0.2) is 0 Å². The largest absolute Gasteiger partial charge is 0.380 e. The fraction of sp³-hybridized carbons (Fsp3) is 0.500. The molecule has 0 fully saturated rings. The highest BCUT2D eigenvalue weighted by atomic mass is 16.3. The minimum absolute atomic E-state index is 0.568. The Morgan fingerprint density at radius 2 is 2.33 bits per heavy atom. The van der Waals surface area contributed by atoms with Crippen LogP contribution in [0, 0.1) is 12.3 Å². The molecular formula is C8H12O. The van der Waals surface area contributed by atoms with E-state index in [0.717, 1.165) is 0 Å². The van der Waals surface area contributed by atoms with Crippen molar-refractivity contribution in [3.63, 3.8) is 0 Å². The summed E-state index contributed by atoms with van der Waals surface area (Å²) < 4.78 is 0. The second kappa shape index (κ2) is 4.17. The van der Waals surface area contributed by atoms with Crippen LogP contribution in [0.25, 0.3) is 0 Å². The van der Waals surface area contributed by atoms with E-state index in [4.69, 9.17) is 11.5 Å². The number of terminal acetylenes is 1. The van der Waals surface area contributed by atoms with E-state index in [0.29, 0.717) is 6.42 Å². The lowest BCUT2D eigenvalue weighted by atomic mass is 10.2. The van der Waals surface area contributed by atoms with Gasteiger partial charge in [0.2, 0.25) is 0 Å². The number of rotatable bonds is 2. The zero-order valence-corrected chi connectivity index (χ0v) is 5.89. The van der Waals surface area contributed by atoms with Gasteiger partial charge in [0.25, 0.3) is 0 Å². The molecule has 0 aliphatic carbocycles. The SMILES string of the molecule is C#CC(O)CC=C(C)C. The molecule has 0 saturated carbocycles. The normalized spacial score (nSPS) is 11.8. The fourth-order valence-electron chi connectivity index (χ4n) is 0.415. The zero-order valence-electron chi connectivity index (χ0n) is 5.89. The molecule has 1 atom stereocenters. The van der Waals surface area contributed by atoms with Gasteiger partial charge < -0.3 is 5.11 Å². The summed E-state index contributed by atoms with van der Waals surface area (Å²) in [4.78, 5) is 0. The number of allylic oxidation sites excluding steroid dienone is 1. The first-order chi connectivity index (χ1) is 4.16. The third-order valence-corrected chi connectivity index (χ3v) is 0.942. The molecule has 0 saturated heterocycles. The lowest BCUT2D eigenvalue weighted by Gasteiger charge is -1.96. The maximum absolute atomic E-state index is 8.83. The molecule has 0 heterocycles. The molecular weight excluding hydrogens is 112 g/mol. The van der Waals surface area contributed by atoms with Crippen molar-refractivity contribution >= 4 is 0 Å². The standard InChI is InChI=1S/C8H12O/c1-4-8(9)6-5-7(2)3/h1,5,8-9H,6H2,2-3H3. The lowest BCUT2D eigenvalue weighted by molar-refractivity contribution is 0.236. The maximum atomic E-state index is 8.83. The van der Waals surface area contributed by atoms with E-state index in [-0.39, 0.29) is 0 Å². The minimum atomic E-state index is -0.611. The molecule has 0 aromatic carbocycles. The Labute approximate surface area is 56.4 Å². The Balaban J connectivity index is 3.53. The molecule has 1 nitrogen and oxygen atoms in total. The molecule has 50 valence electrons. The van der Waals surface area contributed by atoms with Crippen LogP contribution in [0.2, 0.25) is 0 Å². The monoisotopic (exact) mass is 124 g/mol. The van der Waals surface area contributed by atoms with Gasteiger partial charge in [0.1, 0.15) is 6.10 Å². The first kappa shape index (κ1) is 8.26. The van der Waals surface area contributed by atoms with Crippen LogP contribution < -0.4 is 0 Å². The molecule has 0 aromatic heterocycles. The summed E-state index contributed by atoms with van der Waals surface area (Å²) in [5.74, 6) is 2.23. The zero-order chi connectivity index (χ0) is 7.28. The summed E-state index contributed by atoms with van der Waals surface area (Å²) in [6, 6.07) is 0. The third kappa shape index (κ3) is 5.13. The van der Waals surface area contributed by atoms with E-state index < -0.39 is 6.10 Å². The third-order valence-electron chi connectivity index (χ3n) is 0.942. The van der Waals surface area contributed by atoms with Gasteiger partial charge in [0.15, 0.2) is 0 Å². The lowest BCUT2D eigenvalue weighted by Crippen LogP contribution is -1.99. The summed E-state index contributed by atoms with van der Waals surface area (Å²) in [6.45, 7) is 3.95. The van der Waals surface area contributed by atoms with Gasteiger partial charge in [-0.1, -0.05) is 17.6 Å². The van der Waals surface area contributed by atoms with E-state index in [9.17, 15) is 0 Å². The van der Waals surface area contributed by atoms with Gasteiger partial charge in [0, 0.05) is 6.42 Å². The molecule has 9 heavy (non-hydrogen) atoms. The molecule has 0 spiro atoms. The van der Waals surface area contributed by atoms with Gasteiger partial charge in [-0.15, -0.1) is 6.42 Å². The average molecular weight is 124 g/mol. The second-order valence-corrected chi connectivity index (χ2v) is 2.20. The quantitative estimate of drug-likeness (QED) is 0.435. The van der Waals surface area contributed by atoms with Gasteiger partial charge in [-0.05, 0) is 13.8 Å². The van der Waals surface area contributed by atoms with Crippen molar-refractivity contribution < 1.29 is 5.11 Å². The van der Waals surface area contributed by atoms with Crippen LogP contribution in [0.15, 0.2) is 11.6 Å². The number of hydrogen-bond donors (Lipinski definition) is 1. The van der Waals surface area contributed by atoms with Crippen molar-refractivity contribution in [1.82, 2.24) is 0 Å². The predicted molar refractivity (Wildman–Crippen MR) is 38.9 cm³/mol. The molecule has 0 aromatic rings. The van der Waals surface area contributed by atoms with Gasteiger partial charge in [0.05, 0.1) is 0 Å². The Hall–Kier alpha value is -0.740. The Morgan fingerprint density at radius 1 is 1.78 bits per heavy atom. The van der Waals surface area contributed by atoms with E-state index in [1.54, 1.807) is 0 Å². The summed E-state index contributed by atoms with van der Waals surface area (Å²) in [5.41, 5.74) is 1.18. The van der Waals surface area contributed by atoms with Crippen molar-refractivity contribution in [1.29, 1.82) is 0 Å². The van der Waals surface area contributed by atoms with E-state index >= 15 is 0 Å². The van der Waals surface area contributed by atoms with E-state index in [1.807, 2.05) is 19.9 Å². The first-order valence-corrected chi connectivity index (χ1v) is 2.94. The van der Waals surface area contributed by atoms with E-state index in [2.05, 4.69) is 5.92 Å². The molecule has 0 rings (SSSR count). The summed E-state index contributed by atoms with van der Waals surface area (Å²) >= 11 is 0. The number of hydrogen-bond acceptors (Lipinski definition) is 1. The molecule has 0 amide bonds. The molecule has 0 aliphatic heterocycles. The fourth-order valence-corrected chi connectivity index (χ4v) is 0.415.